The molecule has 16 heavy (non-hydrogen) atoms. The quantitative estimate of drug-likeness (QED) is 0.826. The molecule has 0 saturated carbocycles. The second-order valence-electron chi connectivity index (χ2n) is 3.33. The number of nitrogens with one attached hydrogen (secondary N) is 1. The minimum Gasteiger partial charge on any atom is -0.346 e. The van der Waals surface area contributed by atoms with Crippen LogP contribution in [0.5, 0.6) is 0 Å². The van der Waals surface area contributed by atoms with Crippen molar-refractivity contribution in [2.24, 2.45) is 0 Å². The van der Waals surface area contributed by atoms with E-state index in [9.17, 15) is 0 Å². The molecule has 1 heterocycles. The lowest BCUT2D eigenvalue weighted by Crippen LogP contribution is -2.13. The maximum Gasteiger partial charge on any atom is 0.223 e. The van der Waals surface area contributed by atoms with Crippen LogP contribution in [0.15, 0.2) is 48.8 Å². The molecule has 0 bridgehead atoms. The number of hydrogen-bond acceptors (Lipinski definition) is 3. The summed E-state index contributed by atoms with van der Waals surface area (Å²) in [5.74, 6) is 1.07. The summed E-state index contributed by atoms with van der Waals surface area (Å²) in [6.07, 6.45) is 3.40. The van der Waals surface area contributed by atoms with Crippen LogP contribution in [0.2, 0.25) is 0 Å². The summed E-state index contributed by atoms with van der Waals surface area (Å²) >= 11 is 5.93. The normalized spacial score (nSPS) is 12.1. The number of halogens is 1. The second-order valence-corrected chi connectivity index (χ2v) is 3.64. The van der Waals surface area contributed by atoms with Gasteiger partial charge in [-0.15, -0.1) is 11.6 Å². The van der Waals surface area contributed by atoms with E-state index < -0.39 is 0 Å². The Morgan fingerprint density at radius 1 is 1.06 bits per heavy atom. The smallest absolute Gasteiger partial charge is 0.223 e. The van der Waals surface area contributed by atoms with Crippen LogP contribution in [-0.4, -0.2) is 15.8 Å². The molecular weight excluding hydrogens is 222 g/mol. The van der Waals surface area contributed by atoms with Crippen molar-refractivity contribution in [3.05, 3.63) is 54.4 Å². The molecule has 1 unspecified atom stereocenters. The van der Waals surface area contributed by atoms with Crippen molar-refractivity contribution in [1.82, 2.24) is 9.97 Å². The van der Waals surface area contributed by atoms with E-state index in [1.165, 1.54) is 0 Å². The molecule has 2 rings (SSSR count). The zero-order chi connectivity index (χ0) is 11.2. The zero-order valence-electron chi connectivity index (χ0n) is 8.68. The summed E-state index contributed by atoms with van der Waals surface area (Å²) in [5.41, 5.74) is 1.13. The molecule has 4 heteroatoms. The number of hydrogen-bond donors (Lipinski definition) is 1. The van der Waals surface area contributed by atoms with Crippen molar-refractivity contribution in [2.75, 3.05) is 11.2 Å². The van der Waals surface area contributed by atoms with Gasteiger partial charge in [0.1, 0.15) is 0 Å². The van der Waals surface area contributed by atoms with Gasteiger partial charge in [0, 0.05) is 18.3 Å². The number of nitrogens with zero attached hydrogens (tertiary/aromatic N) is 2. The Balaban J connectivity index is 2.13. The molecule has 1 N–H and O–H groups in total. The van der Waals surface area contributed by atoms with E-state index >= 15 is 0 Å². The molecule has 2 aromatic rings. The van der Waals surface area contributed by atoms with Gasteiger partial charge in [-0.1, -0.05) is 30.3 Å². The monoisotopic (exact) mass is 233 g/mol. The summed E-state index contributed by atoms with van der Waals surface area (Å²) < 4.78 is 0. The first-order valence-corrected chi connectivity index (χ1v) is 5.58. The molecule has 1 aromatic heterocycles. The molecule has 3 nitrogen and oxygen atoms in total. The van der Waals surface area contributed by atoms with Crippen LogP contribution in [0.25, 0.3) is 0 Å². The fourth-order valence-corrected chi connectivity index (χ4v) is 1.68. The summed E-state index contributed by atoms with van der Waals surface area (Å²) in [7, 11) is 0. The lowest BCUT2D eigenvalue weighted by atomic mass is 10.1. The van der Waals surface area contributed by atoms with Crippen LogP contribution in [0.4, 0.5) is 5.95 Å². The van der Waals surface area contributed by atoms with Crippen LogP contribution in [0.1, 0.15) is 11.6 Å². The van der Waals surface area contributed by atoms with Crippen molar-refractivity contribution in [3.63, 3.8) is 0 Å². The highest BCUT2D eigenvalue weighted by Crippen LogP contribution is 2.17. The Labute approximate surface area is 99.5 Å². The lowest BCUT2D eigenvalue weighted by Gasteiger charge is -2.15. The van der Waals surface area contributed by atoms with E-state index in [-0.39, 0.29) is 6.04 Å². The largest absolute Gasteiger partial charge is 0.346 e. The van der Waals surface area contributed by atoms with E-state index in [0.29, 0.717) is 11.8 Å². The molecule has 0 aliphatic carbocycles. The van der Waals surface area contributed by atoms with Gasteiger partial charge in [0.15, 0.2) is 0 Å². The van der Waals surface area contributed by atoms with Crippen LogP contribution in [-0.2, 0) is 0 Å². The average Bonchev–Trinajstić information content (AvgIpc) is 2.38. The fraction of sp³-hybridized carbons (Fsp3) is 0.167. The van der Waals surface area contributed by atoms with Crippen molar-refractivity contribution in [3.8, 4) is 0 Å². The lowest BCUT2D eigenvalue weighted by molar-refractivity contribution is 0.868. The maximum absolute atomic E-state index is 5.93. The minimum absolute atomic E-state index is 0.0327. The standard InChI is InChI=1S/C12H12ClN3/c13-9-11(10-5-2-1-3-6-10)16-12-14-7-4-8-15-12/h1-8,11H,9H2,(H,14,15,16). The van der Waals surface area contributed by atoms with Crippen molar-refractivity contribution in [2.45, 2.75) is 6.04 Å². The molecule has 1 aromatic carbocycles. The summed E-state index contributed by atoms with van der Waals surface area (Å²) in [6.45, 7) is 0. The number of alkyl halides is 1. The molecule has 0 amide bonds. The van der Waals surface area contributed by atoms with Gasteiger partial charge in [-0.25, -0.2) is 9.97 Å². The molecule has 0 fully saturated rings. The average molecular weight is 234 g/mol. The third kappa shape index (κ3) is 2.70. The Kier molecular flexibility index (Phi) is 3.72. The molecule has 0 radical (unpaired) electrons. The Morgan fingerprint density at radius 3 is 2.38 bits per heavy atom. The highest BCUT2D eigenvalue weighted by molar-refractivity contribution is 6.18. The van der Waals surface area contributed by atoms with Gasteiger partial charge in [-0.2, -0.15) is 0 Å². The zero-order valence-corrected chi connectivity index (χ0v) is 9.43. The van der Waals surface area contributed by atoms with Crippen LogP contribution in [0, 0.1) is 0 Å². The van der Waals surface area contributed by atoms with Crippen molar-refractivity contribution >= 4 is 17.5 Å². The molecule has 0 aliphatic rings. The van der Waals surface area contributed by atoms with Crippen LogP contribution < -0.4 is 5.32 Å². The van der Waals surface area contributed by atoms with Gasteiger partial charge in [0.05, 0.1) is 6.04 Å². The minimum atomic E-state index is 0.0327. The predicted octanol–water partition coefficient (Wildman–Crippen LogP) is 2.87. The van der Waals surface area contributed by atoms with Crippen molar-refractivity contribution in [1.29, 1.82) is 0 Å². The number of rotatable bonds is 4. The molecule has 0 aliphatic heterocycles. The first kappa shape index (κ1) is 10.9. The Hall–Kier alpha value is -1.61. The molecule has 0 spiro atoms. The summed E-state index contributed by atoms with van der Waals surface area (Å²) in [5, 5.41) is 3.19. The SMILES string of the molecule is ClCC(Nc1ncccn1)c1ccccc1. The third-order valence-corrected chi connectivity index (χ3v) is 2.53. The van der Waals surface area contributed by atoms with E-state index in [4.69, 9.17) is 11.6 Å². The molecule has 0 saturated heterocycles. The fourth-order valence-electron chi connectivity index (χ4n) is 1.43. The topological polar surface area (TPSA) is 37.8 Å². The molecule has 82 valence electrons. The number of aromatic nitrogens is 2. The van der Waals surface area contributed by atoms with Gasteiger partial charge in [0.2, 0.25) is 5.95 Å². The Morgan fingerprint density at radius 2 is 1.75 bits per heavy atom. The first-order valence-electron chi connectivity index (χ1n) is 5.04. The van der Waals surface area contributed by atoms with Crippen molar-refractivity contribution < 1.29 is 0 Å². The predicted molar refractivity (Wildman–Crippen MR) is 65.6 cm³/mol. The maximum atomic E-state index is 5.93. The highest BCUT2D eigenvalue weighted by Gasteiger charge is 2.10. The number of benzene rings is 1. The van der Waals surface area contributed by atoms with Gasteiger partial charge in [0.25, 0.3) is 0 Å². The molecule has 1 atom stereocenters. The second kappa shape index (κ2) is 5.47. The molecular formula is C12H12ClN3. The third-order valence-electron chi connectivity index (χ3n) is 2.23. The van der Waals surface area contributed by atoms with Crippen LogP contribution in [0.3, 0.4) is 0 Å². The Bertz CT molecular complexity index is 419. The highest BCUT2D eigenvalue weighted by atomic mass is 35.5. The van der Waals surface area contributed by atoms with Gasteiger partial charge in [-0.05, 0) is 11.6 Å². The van der Waals surface area contributed by atoms with Crippen LogP contribution >= 0.6 is 11.6 Å². The van der Waals surface area contributed by atoms with E-state index in [1.54, 1.807) is 18.5 Å². The summed E-state index contributed by atoms with van der Waals surface area (Å²) in [4.78, 5) is 8.22. The van der Waals surface area contributed by atoms with Gasteiger partial charge < -0.3 is 5.32 Å². The van der Waals surface area contributed by atoms with E-state index in [1.807, 2.05) is 30.3 Å². The number of anilines is 1. The van der Waals surface area contributed by atoms with Gasteiger partial charge in [-0.3, -0.25) is 0 Å². The van der Waals surface area contributed by atoms with E-state index in [2.05, 4.69) is 15.3 Å². The first-order chi connectivity index (χ1) is 7.90. The van der Waals surface area contributed by atoms with Gasteiger partial charge >= 0.3 is 0 Å². The summed E-state index contributed by atoms with van der Waals surface area (Å²) in [6, 6.07) is 11.8. The van der Waals surface area contributed by atoms with E-state index in [0.717, 1.165) is 5.56 Å².